The SMILES string of the molecule is CCCNc1nnc(CN2CCCC2CCCO)s1. The standard InChI is InChI=1S/C13H24N4OS/c1-2-7-14-13-16-15-12(19-13)10-17-8-3-5-11(17)6-4-9-18/h11,18H,2-10H2,1H3,(H,14,16). The van der Waals surface area contributed by atoms with Crippen molar-refractivity contribution in [2.45, 2.75) is 51.6 Å². The van der Waals surface area contributed by atoms with Gasteiger partial charge in [-0.05, 0) is 38.6 Å². The van der Waals surface area contributed by atoms with E-state index in [9.17, 15) is 0 Å². The summed E-state index contributed by atoms with van der Waals surface area (Å²) in [5.74, 6) is 0. The molecule has 1 unspecified atom stereocenters. The van der Waals surface area contributed by atoms with Crippen molar-refractivity contribution >= 4 is 16.5 Å². The molecular weight excluding hydrogens is 260 g/mol. The van der Waals surface area contributed by atoms with E-state index >= 15 is 0 Å². The van der Waals surface area contributed by atoms with Gasteiger partial charge in [-0.2, -0.15) is 0 Å². The van der Waals surface area contributed by atoms with Crippen molar-refractivity contribution < 1.29 is 5.11 Å². The number of aliphatic hydroxyl groups is 1. The first-order valence-electron chi connectivity index (χ1n) is 7.24. The second kappa shape index (κ2) is 7.77. The molecule has 2 heterocycles. The molecule has 6 heteroatoms. The monoisotopic (exact) mass is 284 g/mol. The number of rotatable bonds is 8. The van der Waals surface area contributed by atoms with Crippen molar-refractivity contribution in [3.63, 3.8) is 0 Å². The fraction of sp³-hybridized carbons (Fsp3) is 0.846. The second-order valence-corrected chi connectivity index (χ2v) is 6.12. The van der Waals surface area contributed by atoms with Crippen molar-refractivity contribution in [1.82, 2.24) is 15.1 Å². The van der Waals surface area contributed by atoms with Crippen LogP contribution < -0.4 is 5.32 Å². The van der Waals surface area contributed by atoms with Crippen LogP contribution in [-0.4, -0.2) is 45.9 Å². The molecule has 1 aromatic rings. The third kappa shape index (κ3) is 4.40. The minimum atomic E-state index is 0.300. The number of anilines is 1. The van der Waals surface area contributed by atoms with E-state index < -0.39 is 0 Å². The van der Waals surface area contributed by atoms with Crippen LogP contribution >= 0.6 is 11.3 Å². The van der Waals surface area contributed by atoms with Crippen molar-refractivity contribution in [1.29, 1.82) is 0 Å². The highest BCUT2D eigenvalue weighted by atomic mass is 32.1. The Kier molecular flexibility index (Phi) is 6.00. The molecule has 1 fully saturated rings. The number of nitrogens with one attached hydrogen (secondary N) is 1. The molecule has 0 aliphatic carbocycles. The third-order valence-corrected chi connectivity index (χ3v) is 4.39. The molecule has 0 bridgehead atoms. The Bertz CT molecular complexity index is 371. The summed E-state index contributed by atoms with van der Waals surface area (Å²) in [5.41, 5.74) is 0. The van der Waals surface area contributed by atoms with Crippen molar-refractivity contribution in [2.24, 2.45) is 0 Å². The highest BCUT2D eigenvalue weighted by Gasteiger charge is 2.24. The van der Waals surface area contributed by atoms with Gasteiger partial charge in [-0.15, -0.1) is 10.2 Å². The van der Waals surface area contributed by atoms with Crippen LogP contribution in [0.25, 0.3) is 0 Å². The lowest BCUT2D eigenvalue weighted by atomic mass is 10.1. The molecule has 0 aromatic carbocycles. The smallest absolute Gasteiger partial charge is 0.205 e. The maximum Gasteiger partial charge on any atom is 0.205 e. The van der Waals surface area contributed by atoms with E-state index in [4.69, 9.17) is 5.11 Å². The van der Waals surface area contributed by atoms with Gasteiger partial charge in [0.15, 0.2) is 0 Å². The Balaban J connectivity index is 1.83. The van der Waals surface area contributed by atoms with Gasteiger partial charge >= 0.3 is 0 Å². The largest absolute Gasteiger partial charge is 0.396 e. The highest BCUT2D eigenvalue weighted by molar-refractivity contribution is 7.15. The lowest BCUT2D eigenvalue weighted by molar-refractivity contribution is 0.209. The third-order valence-electron chi connectivity index (χ3n) is 3.53. The first kappa shape index (κ1) is 14.7. The molecule has 1 saturated heterocycles. The Morgan fingerprint density at radius 2 is 2.37 bits per heavy atom. The molecule has 0 spiro atoms. The van der Waals surface area contributed by atoms with Crippen LogP contribution in [0, 0.1) is 0 Å². The van der Waals surface area contributed by atoms with Gasteiger partial charge in [-0.25, -0.2) is 0 Å². The van der Waals surface area contributed by atoms with Crippen molar-refractivity contribution in [2.75, 3.05) is 25.0 Å². The van der Waals surface area contributed by atoms with Crippen LogP contribution in [-0.2, 0) is 6.54 Å². The number of nitrogens with zero attached hydrogens (tertiary/aromatic N) is 3. The molecule has 1 aliphatic heterocycles. The average Bonchev–Trinajstić information content (AvgIpc) is 3.04. The minimum absolute atomic E-state index is 0.300. The molecule has 2 N–H and O–H groups in total. The molecule has 0 saturated carbocycles. The maximum atomic E-state index is 8.94. The van der Waals surface area contributed by atoms with Gasteiger partial charge in [0.05, 0.1) is 6.54 Å². The van der Waals surface area contributed by atoms with E-state index in [1.165, 1.54) is 12.8 Å². The summed E-state index contributed by atoms with van der Waals surface area (Å²) in [6, 6.07) is 0.614. The van der Waals surface area contributed by atoms with Gasteiger partial charge in [-0.3, -0.25) is 4.90 Å². The maximum absolute atomic E-state index is 8.94. The molecule has 0 amide bonds. The van der Waals surface area contributed by atoms with Crippen LogP contribution in [0.15, 0.2) is 0 Å². The second-order valence-electron chi connectivity index (χ2n) is 5.06. The lowest BCUT2D eigenvalue weighted by Gasteiger charge is -2.22. The molecular formula is C13H24N4OS. The molecule has 5 nitrogen and oxygen atoms in total. The van der Waals surface area contributed by atoms with Gasteiger partial charge in [0.2, 0.25) is 5.13 Å². The normalized spacial score (nSPS) is 20.0. The van der Waals surface area contributed by atoms with Gasteiger partial charge in [0.1, 0.15) is 5.01 Å². The molecule has 0 radical (unpaired) electrons. The van der Waals surface area contributed by atoms with E-state index in [1.807, 2.05) is 0 Å². The van der Waals surface area contributed by atoms with E-state index in [0.29, 0.717) is 12.6 Å². The highest BCUT2D eigenvalue weighted by Crippen LogP contribution is 2.25. The zero-order chi connectivity index (χ0) is 13.5. The Hall–Kier alpha value is -0.720. The molecule has 1 atom stereocenters. The summed E-state index contributed by atoms with van der Waals surface area (Å²) in [7, 11) is 0. The number of hydrogen-bond acceptors (Lipinski definition) is 6. The number of aromatic nitrogens is 2. The van der Waals surface area contributed by atoms with E-state index in [1.54, 1.807) is 11.3 Å². The van der Waals surface area contributed by atoms with Crippen molar-refractivity contribution in [3.8, 4) is 0 Å². The zero-order valence-corrected chi connectivity index (χ0v) is 12.5. The van der Waals surface area contributed by atoms with Gasteiger partial charge < -0.3 is 10.4 Å². The number of hydrogen-bond donors (Lipinski definition) is 2. The zero-order valence-electron chi connectivity index (χ0n) is 11.6. The summed E-state index contributed by atoms with van der Waals surface area (Å²) in [6.45, 7) is 5.45. The van der Waals surface area contributed by atoms with Crippen LogP contribution in [0.5, 0.6) is 0 Å². The first-order chi connectivity index (χ1) is 9.33. The van der Waals surface area contributed by atoms with Crippen LogP contribution in [0.2, 0.25) is 0 Å². The Morgan fingerprint density at radius 1 is 1.47 bits per heavy atom. The topological polar surface area (TPSA) is 61.3 Å². The molecule has 2 rings (SSSR count). The minimum Gasteiger partial charge on any atom is -0.396 e. The summed E-state index contributed by atoms with van der Waals surface area (Å²) in [5, 5.41) is 22.7. The average molecular weight is 284 g/mol. The number of aliphatic hydroxyl groups excluding tert-OH is 1. The van der Waals surface area contributed by atoms with Gasteiger partial charge in [0.25, 0.3) is 0 Å². The quantitative estimate of drug-likeness (QED) is 0.765. The van der Waals surface area contributed by atoms with Gasteiger partial charge in [-0.1, -0.05) is 18.3 Å². The molecule has 108 valence electrons. The lowest BCUT2D eigenvalue weighted by Crippen LogP contribution is -2.29. The van der Waals surface area contributed by atoms with Crippen LogP contribution in [0.3, 0.4) is 0 Å². The first-order valence-corrected chi connectivity index (χ1v) is 8.06. The molecule has 1 aliphatic rings. The summed E-state index contributed by atoms with van der Waals surface area (Å²) in [6.07, 6.45) is 5.61. The molecule has 19 heavy (non-hydrogen) atoms. The Labute approximate surface area is 119 Å². The summed E-state index contributed by atoms with van der Waals surface area (Å²) >= 11 is 1.66. The van der Waals surface area contributed by atoms with Crippen LogP contribution in [0.1, 0.15) is 44.0 Å². The van der Waals surface area contributed by atoms with Gasteiger partial charge in [0, 0.05) is 19.2 Å². The summed E-state index contributed by atoms with van der Waals surface area (Å²) in [4.78, 5) is 2.49. The predicted molar refractivity (Wildman–Crippen MR) is 78.4 cm³/mol. The summed E-state index contributed by atoms with van der Waals surface area (Å²) < 4.78 is 0. The van der Waals surface area contributed by atoms with Crippen LogP contribution in [0.4, 0.5) is 5.13 Å². The Morgan fingerprint density at radius 3 is 3.16 bits per heavy atom. The predicted octanol–water partition coefficient (Wildman–Crippen LogP) is 2.10. The molecule has 1 aromatic heterocycles. The fourth-order valence-electron chi connectivity index (χ4n) is 2.55. The van der Waals surface area contributed by atoms with E-state index in [0.717, 1.165) is 49.0 Å². The van der Waals surface area contributed by atoms with E-state index in [-0.39, 0.29) is 0 Å². The number of likely N-dealkylation sites (tertiary alicyclic amines) is 1. The van der Waals surface area contributed by atoms with Crippen molar-refractivity contribution in [3.05, 3.63) is 5.01 Å². The van der Waals surface area contributed by atoms with E-state index in [2.05, 4.69) is 27.3 Å². The fourth-order valence-corrected chi connectivity index (χ4v) is 3.34.